The molecule has 134 valence electrons. The molecule has 0 atom stereocenters. The molecule has 5 N–H and O–H groups in total. The number of thioether (sulfide) groups is 1. The second kappa shape index (κ2) is 15.0. The lowest BCUT2D eigenvalue weighted by Gasteiger charge is -2.06. The molecule has 12 heteroatoms. The van der Waals surface area contributed by atoms with Crippen molar-refractivity contribution in [2.24, 2.45) is 15.7 Å². The number of aromatic nitrogens is 2. The average molecular weight is 427 g/mol. The van der Waals surface area contributed by atoms with Gasteiger partial charge in [-0.1, -0.05) is 0 Å². The third-order valence-electron chi connectivity index (χ3n) is 2.27. The van der Waals surface area contributed by atoms with Crippen molar-refractivity contribution in [1.29, 1.82) is 10.5 Å². The summed E-state index contributed by atoms with van der Waals surface area (Å²) in [4.78, 5) is 15.7. The number of nitrogens with two attached hydrogens (primary N) is 1. The highest BCUT2D eigenvalue weighted by Gasteiger charge is 1.98. The number of nitrogens with one attached hydrogen (secondary N) is 3. The first-order valence-corrected chi connectivity index (χ1v) is 8.79. The maximum Gasteiger partial charge on any atom is 0.204 e. The SMILES string of the molecule is CN=C(N)NC#N.CN=C(NC#N)NCCSCc1ncc(Br)cn1. The van der Waals surface area contributed by atoms with Crippen LogP contribution in [0.1, 0.15) is 5.82 Å². The van der Waals surface area contributed by atoms with Crippen molar-refractivity contribution in [1.82, 2.24) is 25.9 Å². The molecule has 0 aliphatic rings. The predicted octanol–water partition coefficient (Wildman–Crippen LogP) is 0.120. The number of nitrogens with zero attached hydrogens (tertiary/aromatic N) is 6. The van der Waals surface area contributed by atoms with Crippen molar-refractivity contribution in [3.63, 3.8) is 0 Å². The first-order chi connectivity index (χ1) is 12.1. The molecule has 0 amide bonds. The van der Waals surface area contributed by atoms with Gasteiger partial charge in [-0.05, 0) is 15.9 Å². The lowest BCUT2D eigenvalue weighted by molar-refractivity contribution is 0.929. The number of halogens is 1. The van der Waals surface area contributed by atoms with Gasteiger partial charge in [0.1, 0.15) is 5.82 Å². The quantitative estimate of drug-likeness (QED) is 0.168. The largest absolute Gasteiger partial charge is 0.369 e. The summed E-state index contributed by atoms with van der Waals surface area (Å²) in [6, 6.07) is 0. The van der Waals surface area contributed by atoms with Crippen LogP contribution in [0.25, 0.3) is 0 Å². The van der Waals surface area contributed by atoms with E-state index in [0.29, 0.717) is 5.96 Å². The third kappa shape index (κ3) is 12.5. The van der Waals surface area contributed by atoms with Crippen molar-refractivity contribution < 1.29 is 0 Å². The van der Waals surface area contributed by atoms with E-state index in [-0.39, 0.29) is 5.96 Å². The van der Waals surface area contributed by atoms with Crippen LogP contribution in [-0.4, -0.2) is 48.3 Å². The third-order valence-corrected chi connectivity index (χ3v) is 3.63. The minimum absolute atomic E-state index is 0.141. The predicted molar refractivity (Wildman–Crippen MR) is 102 cm³/mol. The van der Waals surface area contributed by atoms with Gasteiger partial charge in [-0.2, -0.15) is 22.3 Å². The van der Waals surface area contributed by atoms with E-state index in [4.69, 9.17) is 16.3 Å². The minimum Gasteiger partial charge on any atom is -0.369 e. The number of rotatable bonds is 5. The van der Waals surface area contributed by atoms with Gasteiger partial charge < -0.3 is 11.1 Å². The molecule has 0 unspecified atom stereocenters. The van der Waals surface area contributed by atoms with Gasteiger partial charge in [0, 0.05) is 38.8 Å². The molecule has 0 saturated heterocycles. The Labute approximate surface area is 159 Å². The molecule has 0 aliphatic carbocycles. The summed E-state index contributed by atoms with van der Waals surface area (Å²) in [5, 5.41) is 23.9. The van der Waals surface area contributed by atoms with Crippen LogP contribution in [0.2, 0.25) is 0 Å². The van der Waals surface area contributed by atoms with E-state index < -0.39 is 0 Å². The first kappa shape index (κ1) is 22.4. The van der Waals surface area contributed by atoms with E-state index in [1.807, 2.05) is 6.19 Å². The molecule has 1 rings (SSSR count). The average Bonchev–Trinajstić information content (AvgIpc) is 2.62. The maximum absolute atomic E-state index is 8.43. The Kier molecular flexibility index (Phi) is 13.4. The van der Waals surface area contributed by atoms with E-state index in [9.17, 15) is 0 Å². The normalized spacial score (nSPS) is 10.6. The van der Waals surface area contributed by atoms with Crippen LogP contribution in [0.5, 0.6) is 0 Å². The van der Waals surface area contributed by atoms with Crippen LogP contribution in [0, 0.1) is 22.9 Å². The smallest absolute Gasteiger partial charge is 0.204 e. The lowest BCUT2D eigenvalue weighted by atomic mass is 10.6. The Morgan fingerprint density at radius 2 is 1.88 bits per heavy atom. The van der Waals surface area contributed by atoms with Crippen LogP contribution in [0.15, 0.2) is 26.9 Å². The fraction of sp³-hybridized carbons (Fsp3) is 0.385. The summed E-state index contributed by atoms with van der Waals surface area (Å²) in [5.41, 5.74) is 5.00. The standard InChI is InChI=1S/C10H13BrN6S.C3H6N4/c1-13-10(17-7-12)14-2-3-18-6-9-15-4-8(11)5-16-9;1-6-3(5)7-2-4/h4-5H,2-3,6H2,1H3,(H2,13,14,17);1H3,(H3,5,6,7). The Bertz CT molecular complexity index is 632. The highest BCUT2D eigenvalue weighted by atomic mass is 79.9. The fourth-order valence-electron chi connectivity index (χ4n) is 1.16. The van der Waals surface area contributed by atoms with Gasteiger partial charge in [-0.15, -0.1) is 0 Å². The molecule has 0 spiro atoms. The van der Waals surface area contributed by atoms with Crippen molar-refractivity contribution >= 4 is 39.6 Å². The van der Waals surface area contributed by atoms with Gasteiger partial charge >= 0.3 is 0 Å². The van der Waals surface area contributed by atoms with Crippen LogP contribution in [0.4, 0.5) is 0 Å². The molecule has 10 nitrogen and oxygen atoms in total. The van der Waals surface area contributed by atoms with Crippen molar-refractivity contribution in [2.45, 2.75) is 5.75 Å². The van der Waals surface area contributed by atoms with Gasteiger partial charge in [0.05, 0.1) is 10.2 Å². The monoisotopic (exact) mass is 426 g/mol. The molecule has 1 aromatic rings. The molecule has 1 heterocycles. The van der Waals surface area contributed by atoms with E-state index in [1.165, 1.54) is 7.05 Å². The summed E-state index contributed by atoms with van der Waals surface area (Å²) in [6.07, 6.45) is 6.90. The van der Waals surface area contributed by atoms with Gasteiger partial charge in [-0.3, -0.25) is 20.6 Å². The van der Waals surface area contributed by atoms with E-state index in [1.54, 1.807) is 37.4 Å². The fourth-order valence-corrected chi connectivity index (χ4v) is 2.09. The van der Waals surface area contributed by atoms with Gasteiger partial charge in [0.25, 0.3) is 0 Å². The summed E-state index contributed by atoms with van der Waals surface area (Å²) in [6.45, 7) is 0.725. The molecule has 0 aliphatic heterocycles. The number of aliphatic imine (C=N–C) groups is 2. The molecule has 0 fully saturated rings. The molecule has 0 radical (unpaired) electrons. The second-order valence-corrected chi connectivity index (χ2v) is 5.97. The molecule has 0 saturated carbocycles. The topological polar surface area (TPSA) is 160 Å². The minimum atomic E-state index is 0.141. The van der Waals surface area contributed by atoms with Crippen LogP contribution in [-0.2, 0) is 5.75 Å². The zero-order chi connectivity index (χ0) is 18.9. The van der Waals surface area contributed by atoms with Crippen LogP contribution >= 0.6 is 27.7 Å². The van der Waals surface area contributed by atoms with E-state index >= 15 is 0 Å². The van der Waals surface area contributed by atoms with Gasteiger partial charge in [0.15, 0.2) is 12.4 Å². The summed E-state index contributed by atoms with van der Waals surface area (Å²) in [7, 11) is 3.12. The van der Waals surface area contributed by atoms with Gasteiger partial charge in [0.2, 0.25) is 11.9 Å². The number of hydrogen-bond acceptors (Lipinski definition) is 7. The van der Waals surface area contributed by atoms with E-state index in [2.05, 4.69) is 51.8 Å². The van der Waals surface area contributed by atoms with Crippen molar-refractivity contribution in [3.8, 4) is 12.4 Å². The van der Waals surface area contributed by atoms with Crippen LogP contribution < -0.4 is 21.7 Å². The molecular weight excluding hydrogens is 408 g/mol. The Morgan fingerprint density at radius 3 is 2.36 bits per heavy atom. The Hall–Kier alpha value is -2.57. The van der Waals surface area contributed by atoms with E-state index in [0.717, 1.165) is 28.3 Å². The van der Waals surface area contributed by atoms with Crippen molar-refractivity contribution in [2.75, 3.05) is 26.4 Å². The zero-order valence-corrected chi connectivity index (χ0v) is 16.2. The summed E-state index contributed by atoms with van der Waals surface area (Å²) >= 11 is 5.00. The first-order valence-electron chi connectivity index (χ1n) is 6.84. The zero-order valence-electron chi connectivity index (χ0n) is 13.8. The highest BCUT2D eigenvalue weighted by molar-refractivity contribution is 9.10. The molecular formula is C13H19BrN10S. The number of guanidine groups is 2. The molecule has 0 aromatic carbocycles. The summed E-state index contributed by atoms with van der Waals surface area (Å²) in [5.74, 6) is 3.08. The Balaban J connectivity index is 0.000000697. The Morgan fingerprint density at radius 1 is 1.24 bits per heavy atom. The number of nitriles is 2. The molecule has 1 aromatic heterocycles. The molecule has 25 heavy (non-hydrogen) atoms. The highest BCUT2D eigenvalue weighted by Crippen LogP contribution is 2.09. The number of hydrogen-bond donors (Lipinski definition) is 4. The summed E-state index contributed by atoms with van der Waals surface area (Å²) < 4.78 is 0.879. The lowest BCUT2D eigenvalue weighted by Crippen LogP contribution is -2.35. The van der Waals surface area contributed by atoms with Crippen molar-refractivity contribution in [3.05, 3.63) is 22.7 Å². The second-order valence-electron chi connectivity index (χ2n) is 3.95. The maximum atomic E-state index is 8.43. The van der Waals surface area contributed by atoms with Crippen LogP contribution in [0.3, 0.4) is 0 Å². The molecule has 0 bridgehead atoms. The van der Waals surface area contributed by atoms with Gasteiger partial charge in [-0.25, -0.2) is 9.97 Å².